The van der Waals surface area contributed by atoms with Gasteiger partial charge in [-0.15, -0.1) is 0 Å². The smallest absolute Gasteiger partial charge is 0.224 e. The van der Waals surface area contributed by atoms with Gasteiger partial charge in [0.2, 0.25) is 5.91 Å². The van der Waals surface area contributed by atoms with Crippen LogP contribution in [0.3, 0.4) is 0 Å². The molecule has 0 radical (unpaired) electrons. The molecule has 2 saturated heterocycles. The van der Waals surface area contributed by atoms with Gasteiger partial charge in [0, 0.05) is 58.7 Å². The first-order valence-corrected chi connectivity index (χ1v) is 8.89. The summed E-state index contributed by atoms with van der Waals surface area (Å²) in [4.78, 5) is 21.0. The Bertz CT molecular complexity index is 413. The van der Waals surface area contributed by atoms with E-state index >= 15 is 0 Å². The highest BCUT2D eigenvalue weighted by molar-refractivity contribution is 5.81. The second-order valence-electron chi connectivity index (χ2n) is 6.71. The van der Waals surface area contributed by atoms with E-state index in [4.69, 9.17) is 4.74 Å². The van der Waals surface area contributed by atoms with E-state index in [0.717, 1.165) is 51.5 Å². The molecule has 0 saturated carbocycles. The van der Waals surface area contributed by atoms with E-state index in [1.807, 2.05) is 4.90 Å². The van der Waals surface area contributed by atoms with Crippen molar-refractivity contribution >= 4 is 11.9 Å². The molecule has 0 aliphatic carbocycles. The fourth-order valence-electron chi connectivity index (χ4n) is 3.62. The SMILES string of the molecule is CN=C(NCCC(=O)N1CCCCC1C)N1CCC(COC)C1. The molecule has 1 N–H and O–H groups in total. The number of hydrogen-bond acceptors (Lipinski definition) is 3. The van der Waals surface area contributed by atoms with Gasteiger partial charge in [-0.05, 0) is 32.6 Å². The first-order valence-electron chi connectivity index (χ1n) is 8.89. The number of rotatable bonds is 5. The highest BCUT2D eigenvalue weighted by atomic mass is 16.5. The standard InChI is InChI=1S/C17H32N4O2/c1-14-6-4-5-10-21(14)16(22)7-9-19-17(18-2)20-11-8-15(12-20)13-23-3/h14-15H,4-13H2,1-3H3,(H,18,19). The van der Waals surface area contributed by atoms with Crippen molar-refractivity contribution in [3.05, 3.63) is 0 Å². The molecule has 2 unspecified atom stereocenters. The maximum absolute atomic E-state index is 12.4. The van der Waals surface area contributed by atoms with Crippen LogP contribution in [0.4, 0.5) is 0 Å². The Balaban J connectivity index is 1.72. The minimum absolute atomic E-state index is 0.263. The largest absolute Gasteiger partial charge is 0.384 e. The van der Waals surface area contributed by atoms with E-state index < -0.39 is 0 Å². The topological polar surface area (TPSA) is 57.2 Å². The van der Waals surface area contributed by atoms with Crippen molar-refractivity contribution in [1.29, 1.82) is 0 Å². The summed E-state index contributed by atoms with van der Waals surface area (Å²) in [7, 11) is 3.56. The molecule has 2 atom stereocenters. The molecular weight excluding hydrogens is 292 g/mol. The monoisotopic (exact) mass is 324 g/mol. The number of aliphatic imine (C=N–C) groups is 1. The van der Waals surface area contributed by atoms with E-state index in [0.29, 0.717) is 24.9 Å². The second kappa shape index (κ2) is 9.11. The predicted molar refractivity (Wildman–Crippen MR) is 92.6 cm³/mol. The zero-order valence-corrected chi connectivity index (χ0v) is 14.9. The molecule has 0 spiro atoms. The number of amides is 1. The molecule has 1 amide bonds. The highest BCUT2D eigenvalue weighted by Gasteiger charge is 2.25. The van der Waals surface area contributed by atoms with Crippen LogP contribution < -0.4 is 5.32 Å². The van der Waals surface area contributed by atoms with E-state index in [9.17, 15) is 4.79 Å². The first-order chi connectivity index (χ1) is 11.2. The van der Waals surface area contributed by atoms with Crippen molar-refractivity contribution in [3.8, 4) is 0 Å². The third-order valence-electron chi connectivity index (χ3n) is 4.94. The van der Waals surface area contributed by atoms with Crippen molar-refractivity contribution < 1.29 is 9.53 Å². The minimum atomic E-state index is 0.263. The van der Waals surface area contributed by atoms with E-state index in [1.54, 1.807) is 14.2 Å². The van der Waals surface area contributed by atoms with Crippen LogP contribution in [0.2, 0.25) is 0 Å². The number of ether oxygens (including phenoxy) is 1. The van der Waals surface area contributed by atoms with Crippen LogP contribution >= 0.6 is 0 Å². The molecule has 23 heavy (non-hydrogen) atoms. The summed E-state index contributed by atoms with van der Waals surface area (Å²) >= 11 is 0. The van der Waals surface area contributed by atoms with Crippen LogP contribution in [0.25, 0.3) is 0 Å². The normalized spacial score (nSPS) is 25.8. The van der Waals surface area contributed by atoms with Gasteiger partial charge in [0.1, 0.15) is 0 Å². The number of carbonyl (C=O) groups excluding carboxylic acids is 1. The number of nitrogens with one attached hydrogen (secondary N) is 1. The lowest BCUT2D eigenvalue weighted by atomic mass is 10.0. The Kier molecular flexibility index (Phi) is 7.15. The van der Waals surface area contributed by atoms with Crippen molar-refractivity contribution in [2.45, 2.75) is 45.1 Å². The van der Waals surface area contributed by atoms with Crippen LogP contribution in [0.1, 0.15) is 39.0 Å². The molecule has 2 aliphatic heterocycles. The fraction of sp³-hybridized carbons (Fsp3) is 0.882. The van der Waals surface area contributed by atoms with Crippen molar-refractivity contribution in [3.63, 3.8) is 0 Å². The van der Waals surface area contributed by atoms with Crippen molar-refractivity contribution in [2.75, 3.05) is 46.9 Å². The molecule has 0 aromatic rings. The number of carbonyl (C=O) groups is 1. The van der Waals surface area contributed by atoms with Crippen LogP contribution in [0.15, 0.2) is 4.99 Å². The number of likely N-dealkylation sites (tertiary alicyclic amines) is 2. The van der Waals surface area contributed by atoms with Gasteiger partial charge >= 0.3 is 0 Å². The predicted octanol–water partition coefficient (Wildman–Crippen LogP) is 1.32. The molecule has 0 aromatic heterocycles. The average molecular weight is 324 g/mol. The summed E-state index contributed by atoms with van der Waals surface area (Å²) in [5.41, 5.74) is 0. The molecule has 6 nitrogen and oxygen atoms in total. The Morgan fingerprint density at radius 2 is 2.13 bits per heavy atom. The summed E-state index contributed by atoms with van der Waals surface area (Å²) in [6.07, 6.45) is 5.19. The number of piperidine rings is 1. The van der Waals surface area contributed by atoms with Crippen LogP contribution in [-0.4, -0.2) is 74.7 Å². The highest BCUT2D eigenvalue weighted by Crippen LogP contribution is 2.18. The summed E-state index contributed by atoms with van der Waals surface area (Å²) in [5.74, 6) is 1.75. The maximum atomic E-state index is 12.4. The van der Waals surface area contributed by atoms with Gasteiger partial charge in [0.25, 0.3) is 0 Å². The Hall–Kier alpha value is -1.30. The first kappa shape index (κ1) is 18.0. The lowest BCUT2D eigenvalue weighted by Crippen LogP contribution is -2.45. The maximum Gasteiger partial charge on any atom is 0.224 e. The van der Waals surface area contributed by atoms with Gasteiger partial charge in [0.15, 0.2) is 5.96 Å². The molecule has 2 rings (SSSR count). The summed E-state index contributed by atoms with van der Waals surface area (Å²) in [5, 5.41) is 3.35. The second-order valence-corrected chi connectivity index (χ2v) is 6.71. The van der Waals surface area contributed by atoms with Gasteiger partial charge in [-0.3, -0.25) is 9.79 Å². The molecular formula is C17H32N4O2. The third kappa shape index (κ3) is 5.09. The summed E-state index contributed by atoms with van der Waals surface area (Å²) in [6, 6.07) is 0.393. The van der Waals surface area contributed by atoms with Gasteiger partial charge in [-0.25, -0.2) is 0 Å². The summed E-state index contributed by atoms with van der Waals surface area (Å²) < 4.78 is 5.24. The van der Waals surface area contributed by atoms with Crippen molar-refractivity contribution in [1.82, 2.24) is 15.1 Å². The van der Waals surface area contributed by atoms with Crippen LogP contribution in [0, 0.1) is 5.92 Å². The molecule has 0 aromatic carbocycles. The van der Waals surface area contributed by atoms with Gasteiger partial charge in [-0.2, -0.15) is 0 Å². The Morgan fingerprint density at radius 3 is 2.83 bits per heavy atom. The lowest BCUT2D eigenvalue weighted by Gasteiger charge is -2.33. The van der Waals surface area contributed by atoms with E-state index in [-0.39, 0.29) is 5.91 Å². The average Bonchev–Trinajstić information content (AvgIpc) is 3.00. The fourth-order valence-corrected chi connectivity index (χ4v) is 3.62. The van der Waals surface area contributed by atoms with Crippen LogP contribution in [-0.2, 0) is 9.53 Å². The van der Waals surface area contributed by atoms with E-state index in [1.165, 1.54) is 6.42 Å². The number of nitrogens with zero attached hydrogens (tertiary/aromatic N) is 3. The summed E-state index contributed by atoms with van der Waals surface area (Å²) in [6.45, 7) is 6.51. The van der Waals surface area contributed by atoms with Crippen molar-refractivity contribution in [2.24, 2.45) is 10.9 Å². The number of methoxy groups -OCH3 is 1. The minimum Gasteiger partial charge on any atom is -0.384 e. The van der Waals surface area contributed by atoms with Crippen LogP contribution in [0.5, 0.6) is 0 Å². The zero-order chi connectivity index (χ0) is 16.7. The lowest BCUT2D eigenvalue weighted by molar-refractivity contribution is -0.134. The zero-order valence-electron chi connectivity index (χ0n) is 14.9. The van der Waals surface area contributed by atoms with E-state index in [2.05, 4.69) is 22.1 Å². The number of guanidine groups is 1. The number of hydrogen-bond donors (Lipinski definition) is 1. The molecule has 0 bridgehead atoms. The third-order valence-corrected chi connectivity index (χ3v) is 4.94. The molecule has 2 fully saturated rings. The molecule has 2 heterocycles. The Labute approximate surface area is 140 Å². The van der Waals surface area contributed by atoms with Gasteiger partial charge < -0.3 is 19.9 Å². The quantitative estimate of drug-likeness (QED) is 0.612. The van der Waals surface area contributed by atoms with Gasteiger partial charge in [0.05, 0.1) is 6.61 Å². The molecule has 2 aliphatic rings. The Morgan fingerprint density at radius 1 is 1.30 bits per heavy atom. The van der Waals surface area contributed by atoms with Gasteiger partial charge in [-0.1, -0.05) is 0 Å². The molecule has 132 valence electrons. The molecule has 6 heteroatoms.